The minimum Gasteiger partial charge on any atom is -0.261 e. The fourth-order valence-corrected chi connectivity index (χ4v) is 1.92. The summed E-state index contributed by atoms with van der Waals surface area (Å²) in [4.78, 5) is 4.20. The van der Waals surface area contributed by atoms with Crippen molar-refractivity contribution >= 4 is 21.5 Å². The zero-order valence-corrected chi connectivity index (χ0v) is 9.22. The van der Waals surface area contributed by atoms with Crippen LogP contribution in [-0.2, 0) is 0 Å². The van der Waals surface area contributed by atoms with Gasteiger partial charge in [-0.25, -0.2) is 0 Å². The summed E-state index contributed by atoms with van der Waals surface area (Å²) in [6, 6.07) is 1.91. The van der Waals surface area contributed by atoms with Gasteiger partial charge in [-0.1, -0.05) is 21.9 Å². The van der Waals surface area contributed by atoms with E-state index in [-0.39, 0.29) is 0 Å². The van der Waals surface area contributed by atoms with E-state index in [9.17, 15) is 0 Å². The van der Waals surface area contributed by atoms with E-state index in [1.54, 1.807) is 12.3 Å². The molecule has 0 radical (unpaired) electrons. The van der Waals surface area contributed by atoms with Crippen molar-refractivity contribution in [2.75, 3.05) is 0 Å². The number of terminal acetylenes is 1. The molecule has 1 nitrogen and oxygen atoms in total. The molecule has 0 atom stereocenters. The summed E-state index contributed by atoms with van der Waals surface area (Å²) in [7, 11) is 0. The molecular formula is C11H10BrN. The van der Waals surface area contributed by atoms with Gasteiger partial charge in [-0.05, 0) is 31.6 Å². The number of allylic oxidation sites excluding steroid dienone is 2. The molecule has 1 rings (SSSR count). The molecule has 0 aliphatic heterocycles. The van der Waals surface area contributed by atoms with Gasteiger partial charge in [0.2, 0.25) is 0 Å². The van der Waals surface area contributed by atoms with Crippen LogP contribution in [0.25, 0.3) is 5.57 Å². The number of hydrogen-bond acceptors (Lipinski definition) is 1. The Morgan fingerprint density at radius 2 is 2.38 bits per heavy atom. The highest BCUT2D eigenvalue weighted by Crippen LogP contribution is 2.25. The van der Waals surface area contributed by atoms with Crippen LogP contribution in [0.4, 0.5) is 0 Å². The molecule has 0 amide bonds. The highest BCUT2D eigenvalue weighted by molar-refractivity contribution is 9.10. The van der Waals surface area contributed by atoms with E-state index in [1.165, 1.54) is 0 Å². The van der Waals surface area contributed by atoms with Gasteiger partial charge in [0.25, 0.3) is 0 Å². The quantitative estimate of drug-likeness (QED) is 0.682. The molecule has 0 N–H and O–H groups in total. The molecule has 0 aliphatic carbocycles. The SMILES string of the molecule is C#C/C=C(/C)c1c(Br)ccnc1C. The summed E-state index contributed by atoms with van der Waals surface area (Å²) in [5.74, 6) is 2.51. The molecule has 13 heavy (non-hydrogen) atoms. The number of hydrogen-bond donors (Lipinski definition) is 0. The standard InChI is InChI=1S/C11H10BrN/c1-4-5-8(2)11-9(3)13-7-6-10(11)12/h1,5-7H,2-3H3/b8-5-. The molecule has 2 heteroatoms. The summed E-state index contributed by atoms with van der Waals surface area (Å²) < 4.78 is 1.03. The summed E-state index contributed by atoms with van der Waals surface area (Å²) in [5.41, 5.74) is 3.12. The van der Waals surface area contributed by atoms with Crippen molar-refractivity contribution in [2.45, 2.75) is 13.8 Å². The van der Waals surface area contributed by atoms with Gasteiger partial charge >= 0.3 is 0 Å². The highest BCUT2D eigenvalue weighted by Gasteiger charge is 2.05. The predicted octanol–water partition coefficient (Wildman–Crippen LogP) is 3.19. The maximum atomic E-state index is 5.20. The molecular weight excluding hydrogens is 226 g/mol. The van der Waals surface area contributed by atoms with E-state index in [4.69, 9.17) is 6.42 Å². The van der Waals surface area contributed by atoms with Crippen molar-refractivity contribution in [2.24, 2.45) is 0 Å². The third-order valence-corrected chi connectivity index (χ3v) is 2.44. The number of nitrogens with zero attached hydrogens (tertiary/aromatic N) is 1. The van der Waals surface area contributed by atoms with Crippen molar-refractivity contribution in [3.63, 3.8) is 0 Å². The topological polar surface area (TPSA) is 12.9 Å². The number of rotatable bonds is 1. The number of halogens is 1. The molecule has 0 unspecified atom stereocenters. The van der Waals surface area contributed by atoms with Crippen molar-refractivity contribution in [1.29, 1.82) is 0 Å². The van der Waals surface area contributed by atoms with E-state index in [0.717, 1.165) is 21.3 Å². The van der Waals surface area contributed by atoms with Crippen molar-refractivity contribution in [3.05, 3.63) is 34.1 Å². The summed E-state index contributed by atoms with van der Waals surface area (Å²) in [5, 5.41) is 0. The Morgan fingerprint density at radius 3 is 2.92 bits per heavy atom. The van der Waals surface area contributed by atoms with Crippen LogP contribution >= 0.6 is 15.9 Å². The molecule has 0 saturated carbocycles. The number of aromatic nitrogens is 1. The van der Waals surface area contributed by atoms with Crippen LogP contribution in [0.15, 0.2) is 22.8 Å². The van der Waals surface area contributed by atoms with Crippen LogP contribution in [0.2, 0.25) is 0 Å². The van der Waals surface area contributed by atoms with Gasteiger partial charge in [0, 0.05) is 21.9 Å². The largest absolute Gasteiger partial charge is 0.261 e. The molecule has 0 saturated heterocycles. The van der Waals surface area contributed by atoms with Crippen molar-refractivity contribution < 1.29 is 0 Å². The predicted molar refractivity (Wildman–Crippen MR) is 59.2 cm³/mol. The molecule has 1 aromatic heterocycles. The van der Waals surface area contributed by atoms with Gasteiger partial charge in [0.15, 0.2) is 0 Å². The lowest BCUT2D eigenvalue weighted by Gasteiger charge is -2.06. The van der Waals surface area contributed by atoms with E-state index in [0.29, 0.717) is 0 Å². The first-order valence-corrected chi connectivity index (χ1v) is 4.70. The average Bonchev–Trinajstić information content (AvgIpc) is 2.04. The summed E-state index contributed by atoms with van der Waals surface area (Å²) in [6.45, 7) is 3.95. The molecule has 0 aliphatic rings. The second-order valence-electron chi connectivity index (χ2n) is 2.75. The van der Waals surface area contributed by atoms with E-state index in [1.807, 2.05) is 19.9 Å². The first kappa shape index (κ1) is 10.0. The lowest BCUT2D eigenvalue weighted by atomic mass is 10.1. The normalized spacial score (nSPS) is 11.1. The van der Waals surface area contributed by atoms with Gasteiger partial charge in [0.05, 0.1) is 0 Å². The van der Waals surface area contributed by atoms with Crippen LogP contribution in [0.1, 0.15) is 18.2 Å². The number of aryl methyl sites for hydroxylation is 1. The number of pyridine rings is 1. The highest BCUT2D eigenvalue weighted by atomic mass is 79.9. The molecule has 66 valence electrons. The van der Waals surface area contributed by atoms with E-state index < -0.39 is 0 Å². The Balaban J connectivity index is 3.30. The maximum Gasteiger partial charge on any atom is 0.0459 e. The van der Waals surface area contributed by atoms with Crippen molar-refractivity contribution in [1.82, 2.24) is 4.98 Å². The molecule has 0 aromatic carbocycles. The van der Waals surface area contributed by atoms with Gasteiger partial charge in [-0.3, -0.25) is 4.98 Å². The fraction of sp³-hybridized carbons (Fsp3) is 0.182. The van der Waals surface area contributed by atoms with Crippen LogP contribution in [0.3, 0.4) is 0 Å². The molecule has 1 aromatic rings. The molecule has 0 spiro atoms. The first-order valence-electron chi connectivity index (χ1n) is 3.91. The second-order valence-corrected chi connectivity index (χ2v) is 3.60. The summed E-state index contributed by atoms with van der Waals surface area (Å²) >= 11 is 3.47. The molecule has 1 heterocycles. The zero-order valence-electron chi connectivity index (χ0n) is 7.63. The third kappa shape index (κ3) is 2.19. The van der Waals surface area contributed by atoms with Crippen molar-refractivity contribution in [3.8, 4) is 12.3 Å². The van der Waals surface area contributed by atoms with Gasteiger partial charge in [-0.2, -0.15) is 0 Å². The smallest absolute Gasteiger partial charge is 0.0459 e. The Morgan fingerprint density at radius 1 is 1.69 bits per heavy atom. The second kappa shape index (κ2) is 4.25. The fourth-order valence-electron chi connectivity index (χ4n) is 1.21. The zero-order chi connectivity index (χ0) is 9.84. The maximum absolute atomic E-state index is 5.20. The van der Waals surface area contributed by atoms with Crippen LogP contribution in [0.5, 0.6) is 0 Å². The Bertz CT molecular complexity index is 365. The monoisotopic (exact) mass is 235 g/mol. The van der Waals surface area contributed by atoms with Gasteiger partial charge in [0.1, 0.15) is 0 Å². The Kier molecular flexibility index (Phi) is 3.27. The Hall–Kier alpha value is -1.07. The van der Waals surface area contributed by atoms with Gasteiger partial charge in [-0.15, -0.1) is 6.42 Å². The molecule has 0 fully saturated rings. The first-order chi connectivity index (χ1) is 6.16. The lowest BCUT2D eigenvalue weighted by molar-refractivity contribution is 1.17. The Labute approximate surface area is 87.0 Å². The van der Waals surface area contributed by atoms with Crippen LogP contribution < -0.4 is 0 Å². The van der Waals surface area contributed by atoms with E-state index >= 15 is 0 Å². The van der Waals surface area contributed by atoms with Crippen LogP contribution in [0, 0.1) is 19.3 Å². The lowest BCUT2D eigenvalue weighted by Crippen LogP contribution is -1.90. The van der Waals surface area contributed by atoms with Gasteiger partial charge < -0.3 is 0 Å². The third-order valence-electron chi connectivity index (χ3n) is 1.78. The molecule has 0 bridgehead atoms. The average molecular weight is 236 g/mol. The minimum atomic E-state index is 0.985. The van der Waals surface area contributed by atoms with Crippen LogP contribution in [-0.4, -0.2) is 4.98 Å². The van der Waals surface area contributed by atoms with E-state index in [2.05, 4.69) is 26.8 Å². The summed E-state index contributed by atoms with van der Waals surface area (Å²) in [6.07, 6.45) is 8.72. The minimum absolute atomic E-state index is 0.985.